The van der Waals surface area contributed by atoms with E-state index >= 15 is 0 Å². The molecule has 0 aliphatic rings. The van der Waals surface area contributed by atoms with E-state index in [4.69, 9.17) is 4.74 Å². The Morgan fingerprint density at radius 3 is 2.41 bits per heavy atom. The molecule has 0 saturated heterocycles. The van der Waals surface area contributed by atoms with Crippen LogP contribution in [0.2, 0.25) is 0 Å². The lowest BCUT2D eigenvalue weighted by atomic mass is 10.2. The number of ether oxygens (including phenoxy) is 1. The van der Waals surface area contributed by atoms with Gasteiger partial charge in [0.2, 0.25) is 10.0 Å². The van der Waals surface area contributed by atoms with E-state index in [9.17, 15) is 12.8 Å². The molecule has 2 rings (SSSR count). The zero-order chi connectivity index (χ0) is 16.0. The maximum Gasteiger partial charge on any atom is 0.233 e. The van der Waals surface area contributed by atoms with Crippen LogP contribution >= 0.6 is 0 Å². The van der Waals surface area contributed by atoms with Crippen molar-refractivity contribution in [2.75, 3.05) is 17.1 Å². The third-order valence-electron chi connectivity index (χ3n) is 3.04. The first-order chi connectivity index (χ1) is 10.5. The maximum absolute atomic E-state index is 13.5. The topological polar surface area (TPSA) is 55.4 Å². The van der Waals surface area contributed by atoms with Crippen molar-refractivity contribution in [2.45, 2.75) is 13.3 Å². The van der Waals surface area contributed by atoms with E-state index in [1.807, 2.05) is 6.92 Å². The number of hydrogen-bond acceptors (Lipinski definition) is 3. The number of sulfonamides is 1. The van der Waals surface area contributed by atoms with Gasteiger partial charge in [0.25, 0.3) is 0 Å². The minimum absolute atomic E-state index is 0.124. The van der Waals surface area contributed by atoms with Gasteiger partial charge in [-0.15, -0.1) is 0 Å². The zero-order valence-corrected chi connectivity index (χ0v) is 13.1. The summed E-state index contributed by atoms with van der Waals surface area (Å²) in [7, 11) is -3.53. The number of benzene rings is 2. The van der Waals surface area contributed by atoms with Crippen molar-refractivity contribution in [3.8, 4) is 5.75 Å². The van der Waals surface area contributed by atoms with Crippen molar-refractivity contribution in [2.24, 2.45) is 0 Å². The Labute approximate surface area is 130 Å². The molecule has 0 amide bonds. The zero-order valence-electron chi connectivity index (χ0n) is 12.3. The molecular weight excluding hydrogens is 305 g/mol. The van der Waals surface area contributed by atoms with Crippen molar-refractivity contribution < 1.29 is 17.5 Å². The summed E-state index contributed by atoms with van der Waals surface area (Å²) in [5.41, 5.74) is 0.844. The summed E-state index contributed by atoms with van der Waals surface area (Å²) >= 11 is 0. The van der Waals surface area contributed by atoms with E-state index in [0.717, 1.165) is 0 Å². The second-order valence-corrected chi connectivity index (χ2v) is 6.56. The molecule has 0 fully saturated rings. The minimum atomic E-state index is -3.53. The first-order valence-corrected chi connectivity index (χ1v) is 8.62. The van der Waals surface area contributed by atoms with E-state index in [0.29, 0.717) is 23.6 Å². The van der Waals surface area contributed by atoms with Gasteiger partial charge in [0.15, 0.2) is 0 Å². The average molecular weight is 323 g/mol. The molecule has 6 heteroatoms. The summed E-state index contributed by atoms with van der Waals surface area (Å²) < 4.78 is 45.3. The van der Waals surface area contributed by atoms with Gasteiger partial charge in [-0.25, -0.2) is 12.8 Å². The van der Waals surface area contributed by atoms with Gasteiger partial charge >= 0.3 is 0 Å². The monoisotopic (exact) mass is 323 g/mol. The van der Waals surface area contributed by atoms with Gasteiger partial charge in [0, 0.05) is 5.69 Å². The van der Waals surface area contributed by atoms with Gasteiger partial charge < -0.3 is 4.74 Å². The minimum Gasteiger partial charge on any atom is -0.494 e. The molecule has 0 spiro atoms. The summed E-state index contributed by atoms with van der Waals surface area (Å²) in [6, 6.07) is 12.8. The highest BCUT2D eigenvalue weighted by Gasteiger charge is 2.12. The Bertz CT molecular complexity index is 714. The molecule has 1 N–H and O–H groups in total. The highest BCUT2D eigenvalue weighted by molar-refractivity contribution is 7.92. The van der Waals surface area contributed by atoms with Crippen LogP contribution in [-0.2, 0) is 16.4 Å². The molecular formula is C16H18FNO3S. The normalized spacial score (nSPS) is 11.2. The molecule has 0 atom stereocenters. The van der Waals surface area contributed by atoms with Gasteiger partial charge in [-0.1, -0.05) is 18.2 Å². The summed E-state index contributed by atoms with van der Waals surface area (Å²) in [4.78, 5) is 0. The smallest absolute Gasteiger partial charge is 0.233 e. The van der Waals surface area contributed by atoms with Gasteiger partial charge in [0.05, 0.1) is 12.4 Å². The fourth-order valence-corrected chi connectivity index (χ4v) is 3.05. The molecule has 2 aromatic carbocycles. The van der Waals surface area contributed by atoms with Crippen LogP contribution in [0, 0.1) is 5.82 Å². The van der Waals surface area contributed by atoms with Crippen molar-refractivity contribution in [3.63, 3.8) is 0 Å². The SMILES string of the molecule is CCOc1ccc(NS(=O)(=O)CCc2ccccc2F)cc1. The van der Waals surface area contributed by atoms with Gasteiger partial charge in [-0.3, -0.25) is 4.72 Å². The van der Waals surface area contributed by atoms with E-state index in [1.165, 1.54) is 6.07 Å². The molecule has 4 nitrogen and oxygen atoms in total. The number of anilines is 1. The van der Waals surface area contributed by atoms with Crippen LogP contribution < -0.4 is 9.46 Å². The Hall–Kier alpha value is -2.08. The third kappa shape index (κ3) is 4.73. The molecule has 0 saturated carbocycles. The van der Waals surface area contributed by atoms with Crippen LogP contribution in [0.5, 0.6) is 5.75 Å². The highest BCUT2D eigenvalue weighted by Crippen LogP contribution is 2.17. The van der Waals surface area contributed by atoms with Crippen LogP contribution in [0.15, 0.2) is 48.5 Å². The lowest BCUT2D eigenvalue weighted by Crippen LogP contribution is -2.18. The van der Waals surface area contributed by atoms with E-state index in [-0.39, 0.29) is 12.2 Å². The molecule has 22 heavy (non-hydrogen) atoms. The standard InChI is InChI=1S/C16H18FNO3S/c1-2-21-15-9-7-14(8-10-15)18-22(19,20)12-11-13-5-3-4-6-16(13)17/h3-10,18H,2,11-12H2,1H3. The Morgan fingerprint density at radius 1 is 1.09 bits per heavy atom. The third-order valence-corrected chi connectivity index (χ3v) is 4.32. The summed E-state index contributed by atoms with van der Waals surface area (Å²) in [6.07, 6.45) is 0.124. The van der Waals surface area contributed by atoms with Gasteiger partial charge in [-0.05, 0) is 49.2 Å². The Kier molecular flexibility index (Phi) is 5.38. The van der Waals surface area contributed by atoms with Gasteiger partial charge in [-0.2, -0.15) is 0 Å². The number of rotatable bonds is 7. The molecule has 0 radical (unpaired) electrons. The fraction of sp³-hybridized carbons (Fsp3) is 0.250. The number of hydrogen-bond donors (Lipinski definition) is 1. The molecule has 0 unspecified atom stereocenters. The molecule has 0 aliphatic carbocycles. The lowest BCUT2D eigenvalue weighted by molar-refractivity contribution is 0.340. The van der Waals surface area contributed by atoms with Crippen LogP contribution in [-0.4, -0.2) is 20.8 Å². The predicted octanol–water partition coefficient (Wildman–Crippen LogP) is 3.21. The Morgan fingerprint density at radius 2 is 1.77 bits per heavy atom. The quantitative estimate of drug-likeness (QED) is 0.851. The fourth-order valence-electron chi connectivity index (χ4n) is 1.96. The van der Waals surface area contributed by atoms with Crippen molar-refractivity contribution in [1.82, 2.24) is 0 Å². The number of aryl methyl sites for hydroxylation is 1. The largest absolute Gasteiger partial charge is 0.494 e. The summed E-state index contributed by atoms with van der Waals surface area (Å²) in [5.74, 6) is 0.108. The first-order valence-electron chi connectivity index (χ1n) is 6.97. The van der Waals surface area contributed by atoms with Gasteiger partial charge in [0.1, 0.15) is 11.6 Å². The van der Waals surface area contributed by atoms with Crippen LogP contribution in [0.4, 0.5) is 10.1 Å². The second-order valence-electron chi connectivity index (χ2n) is 4.72. The maximum atomic E-state index is 13.5. The summed E-state index contributed by atoms with van der Waals surface area (Å²) in [6.45, 7) is 2.42. The Balaban J connectivity index is 1.97. The van der Waals surface area contributed by atoms with Crippen molar-refractivity contribution in [1.29, 1.82) is 0 Å². The average Bonchev–Trinajstić information content (AvgIpc) is 2.48. The molecule has 0 heterocycles. The first kappa shape index (κ1) is 16.3. The summed E-state index contributed by atoms with van der Waals surface area (Å²) in [5, 5.41) is 0. The van der Waals surface area contributed by atoms with Crippen molar-refractivity contribution in [3.05, 3.63) is 59.9 Å². The van der Waals surface area contributed by atoms with Crippen LogP contribution in [0.1, 0.15) is 12.5 Å². The van der Waals surface area contributed by atoms with E-state index < -0.39 is 15.8 Å². The number of halogens is 1. The van der Waals surface area contributed by atoms with Crippen molar-refractivity contribution >= 4 is 15.7 Å². The van der Waals surface area contributed by atoms with Crippen LogP contribution in [0.25, 0.3) is 0 Å². The number of nitrogens with one attached hydrogen (secondary N) is 1. The molecule has 2 aromatic rings. The second kappa shape index (κ2) is 7.26. The highest BCUT2D eigenvalue weighted by atomic mass is 32.2. The molecule has 0 aliphatic heterocycles. The van der Waals surface area contributed by atoms with E-state index in [1.54, 1.807) is 42.5 Å². The van der Waals surface area contributed by atoms with Crippen LogP contribution in [0.3, 0.4) is 0 Å². The predicted molar refractivity (Wildman–Crippen MR) is 85.1 cm³/mol. The molecule has 0 aromatic heterocycles. The lowest BCUT2D eigenvalue weighted by Gasteiger charge is -2.09. The molecule has 118 valence electrons. The van der Waals surface area contributed by atoms with E-state index in [2.05, 4.69) is 4.72 Å². The molecule has 0 bridgehead atoms.